The Labute approximate surface area is 147 Å². The summed E-state index contributed by atoms with van der Waals surface area (Å²) < 4.78 is 46.4. The van der Waals surface area contributed by atoms with Crippen molar-refractivity contribution in [3.63, 3.8) is 0 Å². The second kappa shape index (κ2) is 7.53. The maximum absolute atomic E-state index is 12.2. The molecule has 0 atom stereocenters. The van der Waals surface area contributed by atoms with Gasteiger partial charge in [-0.25, -0.2) is 0 Å². The summed E-state index contributed by atoms with van der Waals surface area (Å²) in [6.45, 7) is 0. The zero-order chi connectivity index (χ0) is 17.7. The van der Waals surface area contributed by atoms with E-state index in [-0.39, 0.29) is 5.75 Å². The lowest BCUT2D eigenvalue weighted by Gasteiger charge is -2.11. The zero-order valence-corrected chi connectivity index (χ0v) is 13.7. The molecule has 0 aliphatic heterocycles. The SMILES string of the molecule is FC(F)(F)Oc1ccc(Sc2ccccc2Oc2ccccc2)cc1. The second-order valence-electron chi connectivity index (χ2n) is 4.98. The monoisotopic (exact) mass is 362 g/mol. The van der Waals surface area contributed by atoms with Gasteiger partial charge in [0.1, 0.15) is 17.2 Å². The van der Waals surface area contributed by atoms with Crippen LogP contribution in [-0.4, -0.2) is 6.36 Å². The number of alkyl halides is 3. The molecule has 25 heavy (non-hydrogen) atoms. The normalized spacial score (nSPS) is 11.2. The van der Waals surface area contributed by atoms with E-state index in [4.69, 9.17) is 4.74 Å². The van der Waals surface area contributed by atoms with Gasteiger partial charge < -0.3 is 9.47 Å². The summed E-state index contributed by atoms with van der Waals surface area (Å²) in [5, 5.41) is 0. The standard InChI is InChI=1S/C19H13F3O2S/c20-19(21,22)24-15-10-12-16(13-11-15)25-18-9-5-4-8-17(18)23-14-6-2-1-3-7-14/h1-13H. The van der Waals surface area contributed by atoms with Gasteiger partial charge >= 0.3 is 6.36 Å². The van der Waals surface area contributed by atoms with Crippen LogP contribution in [0.15, 0.2) is 88.7 Å². The molecule has 0 heterocycles. The summed E-state index contributed by atoms with van der Waals surface area (Å²) in [4.78, 5) is 1.63. The molecule has 0 spiro atoms. The van der Waals surface area contributed by atoms with Crippen LogP contribution in [0.3, 0.4) is 0 Å². The fourth-order valence-electron chi connectivity index (χ4n) is 2.07. The van der Waals surface area contributed by atoms with Gasteiger partial charge in [-0.15, -0.1) is 13.2 Å². The highest BCUT2D eigenvalue weighted by molar-refractivity contribution is 7.99. The molecule has 0 radical (unpaired) electrons. The third kappa shape index (κ3) is 5.19. The molecule has 0 fully saturated rings. The molecule has 0 unspecified atom stereocenters. The number of halogens is 3. The smallest absolute Gasteiger partial charge is 0.456 e. The Kier molecular flexibility index (Phi) is 5.19. The highest BCUT2D eigenvalue weighted by atomic mass is 32.2. The van der Waals surface area contributed by atoms with Gasteiger partial charge in [0.15, 0.2) is 0 Å². The summed E-state index contributed by atoms with van der Waals surface area (Å²) in [5.41, 5.74) is 0. The first-order valence-electron chi connectivity index (χ1n) is 7.35. The van der Waals surface area contributed by atoms with E-state index in [1.54, 1.807) is 12.1 Å². The Morgan fingerprint density at radius 2 is 1.32 bits per heavy atom. The maximum atomic E-state index is 12.2. The first-order chi connectivity index (χ1) is 12.0. The van der Waals surface area contributed by atoms with Crippen molar-refractivity contribution in [3.05, 3.63) is 78.9 Å². The lowest BCUT2D eigenvalue weighted by Crippen LogP contribution is -2.16. The van der Waals surface area contributed by atoms with Crippen molar-refractivity contribution < 1.29 is 22.6 Å². The van der Waals surface area contributed by atoms with Crippen molar-refractivity contribution in [1.29, 1.82) is 0 Å². The molecule has 0 aliphatic carbocycles. The van der Waals surface area contributed by atoms with E-state index in [0.29, 0.717) is 11.5 Å². The van der Waals surface area contributed by atoms with Crippen molar-refractivity contribution in [3.8, 4) is 17.2 Å². The molecule has 0 aromatic heterocycles. The molecule has 6 heteroatoms. The molecule has 0 N–H and O–H groups in total. The molecule has 0 saturated carbocycles. The Morgan fingerprint density at radius 1 is 0.680 bits per heavy atom. The average Bonchev–Trinajstić information content (AvgIpc) is 2.58. The Morgan fingerprint density at radius 3 is 2.00 bits per heavy atom. The lowest BCUT2D eigenvalue weighted by molar-refractivity contribution is -0.274. The summed E-state index contributed by atoms with van der Waals surface area (Å²) in [5.74, 6) is 1.14. The number of hydrogen-bond donors (Lipinski definition) is 0. The van der Waals surface area contributed by atoms with Crippen LogP contribution in [0.5, 0.6) is 17.2 Å². The number of hydrogen-bond acceptors (Lipinski definition) is 3. The van der Waals surface area contributed by atoms with Crippen LogP contribution in [0.2, 0.25) is 0 Å². The first kappa shape index (κ1) is 17.2. The van der Waals surface area contributed by atoms with Gasteiger partial charge in [0.05, 0.1) is 4.90 Å². The number of benzene rings is 3. The summed E-state index contributed by atoms with van der Waals surface area (Å²) >= 11 is 1.40. The average molecular weight is 362 g/mol. The Bertz CT molecular complexity index is 818. The first-order valence-corrected chi connectivity index (χ1v) is 8.17. The molecule has 0 saturated heterocycles. The minimum atomic E-state index is -4.69. The van der Waals surface area contributed by atoms with Crippen LogP contribution in [0.4, 0.5) is 13.2 Å². The number of para-hydroxylation sites is 2. The van der Waals surface area contributed by atoms with Crippen LogP contribution in [-0.2, 0) is 0 Å². The van der Waals surface area contributed by atoms with E-state index in [1.807, 2.05) is 54.6 Å². The minimum absolute atomic E-state index is 0.245. The van der Waals surface area contributed by atoms with E-state index in [2.05, 4.69) is 4.74 Å². The molecule has 3 aromatic carbocycles. The van der Waals surface area contributed by atoms with E-state index < -0.39 is 6.36 Å². The van der Waals surface area contributed by atoms with Crippen molar-refractivity contribution in [2.24, 2.45) is 0 Å². The van der Waals surface area contributed by atoms with Crippen LogP contribution in [0, 0.1) is 0 Å². The molecule has 3 aromatic rings. The zero-order valence-electron chi connectivity index (χ0n) is 12.9. The van der Waals surface area contributed by atoms with E-state index in [9.17, 15) is 13.2 Å². The highest BCUT2D eigenvalue weighted by Crippen LogP contribution is 2.37. The van der Waals surface area contributed by atoms with Crippen molar-refractivity contribution >= 4 is 11.8 Å². The van der Waals surface area contributed by atoms with Crippen LogP contribution < -0.4 is 9.47 Å². The van der Waals surface area contributed by atoms with Gasteiger partial charge in [-0.1, -0.05) is 42.1 Å². The predicted octanol–water partition coefficient (Wildman–Crippen LogP) is 6.53. The molecule has 2 nitrogen and oxygen atoms in total. The number of ether oxygens (including phenoxy) is 2. The molecular formula is C19H13F3O2S. The summed E-state index contributed by atoms with van der Waals surface area (Å²) in [6.07, 6.45) is -4.69. The second-order valence-corrected chi connectivity index (χ2v) is 6.10. The van der Waals surface area contributed by atoms with Crippen molar-refractivity contribution in [2.75, 3.05) is 0 Å². The van der Waals surface area contributed by atoms with Crippen LogP contribution >= 0.6 is 11.8 Å². The number of rotatable bonds is 5. The van der Waals surface area contributed by atoms with Gasteiger partial charge in [0.25, 0.3) is 0 Å². The summed E-state index contributed by atoms with van der Waals surface area (Å²) in [6, 6.07) is 22.6. The van der Waals surface area contributed by atoms with Crippen LogP contribution in [0.1, 0.15) is 0 Å². The van der Waals surface area contributed by atoms with Crippen molar-refractivity contribution in [2.45, 2.75) is 16.2 Å². The Balaban J connectivity index is 1.75. The highest BCUT2D eigenvalue weighted by Gasteiger charge is 2.30. The fraction of sp³-hybridized carbons (Fsp3) is 0.0526. The summed E-state index contributed by atoms with van der Waals surface area (Å²) in [7, 11) is 0. The third-order valence-corrected chi connectivity index (χ3v) is 4.17. The van der Waals surface area contributed by atoms with Gasteiger partial charge in [-0.3, -0.25) is 0 Å². The molecule has 0 aliphatic rings. The largest absolute Gasteiger partial charge is 0.573 e. The van der Waals surface area contributed by atoms with E-state index in [1.165, 1.54) is 23.9 Å². The molecule has 3 rings (SSSR count). The molecule has 0 bridgehead atoms. The van der Waals surface area contributed by atoms with Gasteiger partial charge in [0.2, 0.25) is 0 Å². The topological polar surface area (TPSA) is 18.5 Å². The van der Waals surface area contributed by atoms with Gasteiger partial charge in [0, 0.05) is 4.90 Å². The third-order valence-electron chi connectivity index (χ3n) is 3.11. The molecule has 0 amide bonds. The van der Waals surface area contributed by atoms with Crippen LogP contribution in [0.25, 0.3) is 0 Å². The molecular weight excluding hydrogens is 349 g/mol. The van der Waals surface area contributed by atoms with E-state index in [0.717, 1.165) is 9.79 Å². The fourth-order valence-corrected chi connectivity index (χ4v) is 2.95. The van der Waals surface area contributed by atoms with Gasteiger partial charge in [-0.05, 0) is 48.5 Å². The molecule has 128 valence electrons. The van der Waals surface area contributed by atoms with Gasteiger partial charge in [-0.2, -0.15) is 0 Å². The lowest BCUT2D eigenvalue weighted by atomic mass is 10.3. The van der Waals surface area contributed by atoms with E-state index >= 15 is 0 Å². The maximum Gasteiger partial charge on any atom is 0.573 e. The quantitative estimate of drug-likeness (QED) is 0.514. The van der Waals surface area contributed by atoms with Crippen molar-refractivity contribution in [1.82, 2.24) is 0 Å². The predicted molar refractivity (Wildman–Crippen MR) is 90.2 cm³/mol. The Hall–Kier alpha value is -2.60. The minimum Gasteiger partial charge on any atom is -0.456 e.